The zero-order valence-corrected chi connectivity index (χ0v) is 24.3. The zero-order valence-electron chi connectivity index (χ0n) is 24.3. The number of fused-ring (bicyclic) bond motifs is 2. The normalized spacial score (nSPS) is 24.0. The van der Waals surface area contributed by atoms with Crippen molar-refractivity contribution in [1.82, 2.24) is 14.7 Å². The van der Waals surface area contributed by atoms with Gasteiger partial charge in [0.05, 0.1) is 0 Å². The maximum Gasteiger partial charge on any atom is 0.254 e. The van der Waals surface area contributed by atoms with E-state index >= 15 is 0 Å². The number of carbonyl (C=O) groups is 2. The van der Waals surface area contributed by atoms with E-state index in [0.717, 1.165) is 82.2 Å². The summed E-state index contributed by atoms with van der Waals surface area (Å²) in [5.41, 5.74) is 6.00. The molecular weight excluding hydrogens is 496 g/mol. The molecule has 1 atom stereocenters. The maximum absolute atomic E-state index is 14.0. The standard InChI is InChI=1S/C34H46N4O2/c1-4-25-11-16-36(20-26(25)5-2)21-28(27-7-6-8-27)22-38-23-34(14-15-34)32-10-9-30(19-31(32)33(38)40)35-29-12-17-37(18-13-29)24(3)39/h4-5,9-10,19,27-29,35H,1-2,6-8,11-18,20-23H2,3H3. The minimum Gasteiger partial charge on any atom is -0.382 e. The third-order valence-electron chi connectivity index (χ3n) is 10.5. The lowest BCUT2D eigenvalue weighted by atomic mass is 9.74. The first kappa shape index (κ1) is 27.3. The van der Waals surface area contributed by atoms with Crippen molar-refractivity contribution in [3.05, 3.63) is 65.8 Å². The van der Waals surface area contributed by atoms with Crippen molar-refractivity contribution >= 4 is 17.5 Å². The van der Waals surface area contributed by atoms with E-state index in [1.165, 1.54) is 48.8 Å². The van der Waals surface area contributed by atoms with Gasteiger partial charge in [-0.25, -0.2) is 0 Å². The molecule has 214 valence electrons. The van der Waals surface area contributed by atoms with Gasteiger partial charge in [-0.05, 0) is 72.8 Å². The molecule has 3 heterocycles. The third-order valence-corrected chi connectivity index (χ3v) is 10.5. The number of anilines is 1. The molecule has 2 aliphatic carbocycles. The van der Waals surface area contributed by atoms with Crippen molar-refractivity contribution in [1.29, 1.82) is 0 Å². The number of benzene rings is 1. The van der Waals surface area contributed by atoms with Crippen LogP contribution in [0.15, 0.2) is 54.7 Å². The number of hydrogen-bond acceptors (Lipinski definition) is 4. The summed E-state index contributed by atoms with van der Waals surface area (Å²) in [5, 5.41) is 3.69. The van der Waals surface area contributed by atoms with E-state index in [2.05, 4.69) is 46.5 Å². The Balaban J connectivity index is 1.16. The molecule has 3 fully saturated rings. The van der Waals surface area contributed by atoms with Crippen LogP contribution in [-0.4, -0.2) is 78.4 Å². The summed E-state index contributed by atoms with van der Waals surface area (Å²) >= 11 is 0. The van der Waals surface area contributed by atoms with Crippen molar-refractivity contribution in [2.75, 3.05) is 51.1 Å². The molecule has 1 aromatic rings. The first-order valence-corrected chi connectivity index (χ1v) is 15.5. The molecule has 6 rings (SSSR count). The zero-order chi connectivity index (χ0) is 27.9. The molecule has 0 bridgehead atoms. The molecule has 2 amide bonds. The molecule has 6 nitrogen and oxygen atoms in total. The fourth-order valence-corrected chi connectivity index (χ4v) is 7.59. The first-order chi connectivity index (χ1) is 19.4. The second-order valence-electron chi connectivity index (χ2n) is 13.0. The van der Waals surface area contributed by atoms with E-state index < -0.39 is 0 Å². The Labute approximate surface area is 240 Å². The number of likely N-dealkylation sites (tertiary alicyclic amines) is 1. The highest BCUT2D eigenvalue weighted by Gasteiger charge is 2.52. The Kier molecular flexibility index (Phi) is 7.64. The lowest BCUT2D eigenvalue weighted by Gasteiger charge is -2.43. The summed E-state index contributed by atoms with van der Waals surface area (Å²) in [6, 6.07) is 6.86. The van der Waals surface area contributed by atoms with Crippen LogP contribution in [0, 0.1) is 11.8 Å². The molecule has 2 saturated carbocycles. The SMILES string of the molecule is C=CC1=C(C=C)CN(CC(CN2CC3(CC3)c3ccc(NC4CCN(C(C)=O)CC4)cc3C2=O)C2CCC2)CC1. The number of nitrogens with zero attached hydrogens (tertiary/aromatic N) is 3. The Morgan fingerprint density at radius 3 is 2.45 bits per heavy atom. The summed E-state index contributed by atoms with van der Waals surface area (Å²) in [6.45, 7) is 16.1. The highest BCUT2D eigenvalue weighted by molar-refractivity contribution is 5.98. The molecule has 1 aromatic carbocycles. The van der Waals surface area contributed by atoms with E-state index in [4.69, 9.17) is 0 Å². The Morgan fingerprint density at radius 1 is 1.07 bits per heavy atom. The van der Waals surface area contributed by atoms with Crippen LogP contribution in [0.2, 0.25) is 0 Å². The number of rotatable bonds is 9. The van der Waals surface area contributed by atoms with Crippen molar-refractivity contribution in [3.63, 3.8) is 0 Å². The topological polar surface area (TPSA) is 55.9 Å². The minimum absolute atomic E-state index is 0.154. The predicted molar refractivity (Wildman–Crippen MR) is 161 cm³/mol. The number of piperidine rings is 1. The number of nitrogens with one attached hydrogen (secondary N) is 1. The van der Waals surface area contributed by atoms with Gasteiger partial charge in [0.1, 0.15) is 0 Å². The lowest BCUT2D eigenvalue weighted by Crippen LogP contribution is -2.49. The van der Waals surface area contributed by atoms with E-state index in [-0.39, 0.29) is 17.2 Å². The summed E-state index contributed by atoms with van der Waals surface area (Å²) < 4.78 is 0. The van der Waals surface area contributed by atoms with Crippen LogP contribution in [0.25, 0.3) is 0 Å². The minimum atomic E-state index is 0.154. The molecule has 0 radical (unpaired) electrons. The van der Waals surface area contributed by atoms with E-state index in [0.29, 0.717) is 12.0 Å². The van der Waals surface area contributed by atoms with Crippen LogP contribution in [0.4, 0.5) is 5.69 Å². The third kappa shape index (κ3) is 5.39. The molecule has 1 unspecified atom stereocenters. The highest BCUT2D eigenvalue weighted by Crippen LogP contribution is 2.53. The molecule has 0 aromatic heterocycles. The number of amides is 2. The molecule has 3 aliphatic heterocycles. The largest absolute Gasteiger partial charge is 0.382 e. The van der Waals surface area contributed by atoms with Crippen LogP contribution in [0.3, 0.4) is 0 Å². The molecule has 6 heteroatoms. The summed E-state index contributed by atoms with van der Waals surface area (Å²) in [5.74, 6) is 1.60. The molecule has 1 N–H and O–H groups in total. The molecular formula is C34H46N4O2. The quantitative estimate of drug-likeness (QED) is 0.455. The monoisotopic (exact) mass is 542 g/mol. The second-order valence-corrected chi connectivity index (χ2v) is 13.0. The van der Waals surface area contributed by atoms with Crippen molar-refractivity contribution < 1.29 is 9.59 Å². The van der Waals surface area contributed by atoms with Crippen LogP contribution < -0.4 is 5.32 Å². The Hall–Kier alpha value is -2.86. The number of hydrogen-bond donors (Lipinski definition) is 1. The average molecular weight is 543 g/mol. The smallest absolute Gasteiger partial charge is 0.254 e. The number of allylic oxidation sites excluding steroid dienone is 1. The molecule has 1 saturated heterocycles. The van der Waals surface area contributed by atoms with Gasteiger partial charge < -0.3 is 15.1 Å². The summed E-state index contributed by atoms with van der Waals surface area (Å²) in [4.78, 5) is 32.5. The summed E-state index contributed by atoms with van der Waals surface area (Å²) in [7, 11) is 0. The fraction of sp³-hybridized carbons (Fsp3) is 0.588. The molecule has 40 heavy (non-hydrogen) atoms. The fourth-order valence-electron chi connectivity index (χ4n) is 7.59. The van der Waals surface area contributed by atoms with Crippen LogP contribution >= 0.6 is 0 Å². The average Bonchev–Trinajstić information content (AvgIpc) is 3.70. The molecule has 1 spiro atoms. The van der Waals surface area contributed by atoms with Gasteiger partial charge in [0, 0.05) is 75.4 Å². The van der Waals surface area contributed by atoms with Gasteiger partial charge in [-0.2, -0.15) is 0 Å². The van der Waals surface area contributed by atoms with Gasteiger partial charge in [-0.1, -0.05) is 50.6 Å². The Morgan fingerprint density at radius 2 is 1.82 bits per heavy atom. The van der Waals surface area contributed by atoms with Gasteiger partial charge in [0.2, 0.25) is 5.91 Å². The van der Waals surface area contributed by atoms with Gasteiger partial charge >= 0.3 is 0 Å². The van der Waals surface area contributed by atoms with Crippen molar-refractivity contribution in [3.8, 4) is 0 Å². The lowest BCUT2D eigenvalue weighted by molar-refractivity contribution is -0.129. The van der Waals surface area contributed by atoms with Crippen molar-refractivity contribution in [2.45, 2.75) is 69.7 Å². The summed E-state index contributed by atoms with van der Waals surface area (Å²) in [6.07, 6.45) is 13.2. The maximum atomic E-state index is 14.0. The van der Waals surface area contributed by atoms with Crippen LogP contribution in [-0.2, 0) is 10.2 Å². The van der Waals surface area contributed by atoms with E-state index in [1.807, 2.05) is 17.1 Å². The van der Waals surface area contributed by atoms with Gasteiger partial charge in [-0.15, -0.1) is 0 Å². The van der Waals surface area contributed by atoms with E-state index in [9.17, 15) is 9.59 Å². The predicted octanol–water partition coefficient (Wildman–Crippen LogP) is 5.39. The first-order valence-electron chi connectivity index (χ1n) is 15.5. The second kappa shape index (κ2) is 11.2. The van der Waals surface area contributed by atoms with Gasteiger partial charge in [0.15, 0.2) is 0 Å². The van der Waals surface area contributed by atoms with Gasteiger partial charge in [0.25, 0.3) is 5.91 Å². The number of carbonyl (C=O) groups excluding carboxylic acids is 2. The van der Waals surface area contributed by atoms with E-state index in [1.54, 1.807) is 6.92 Å². The highest BCUT2D eigenvalue weighted by atomic mass is 16.2. The van der Waals surface area contributed by atoms with Crippen LogP contribution in [0.1, 0.15) is 74.2 Å². The Bertz CT molecular complexity index is 1200. The van der Waals surface area contributed by atoms with Gasteiger partial charge in [-0.3, -0.25) is 14.5 Å². The van der Waals surface area contributed by atoms with Crippen LogP contribution in [0.5, 0.6) is 0 Å². The van der Waals surface area contributed by atoms with Crippen molar-refractivity contribution in [2.24, 2.45) is 11.8 Å². The molecule has 5 aliphatic rings.